The highest BCUT2D eigenvalue weighted by Crippen LogP contribution is 2.42. The highest BCUT2D eigenvalue weighted by molar-refractivity contribution is 8.01. The molecule has 1 fully saturated rings. The predicted octanol–water partition coefficient (Wildman–Crippen LogP) is -0.885. The molecular formula is C26H23N9O10S3. The summed E-state index contributed by atoms with van der Waals surface area (Å²) in [6.45, 7) is 0. The lowest BCUT2D eigenvalue weighted by atomic mass is 10.0. The van der Waals surface area contributed by atoms with Crippen LogP contribution in [0.15, 0.2) is 55.5 Å². The number of carbonyl (C=O) groups is 6. The standard InChI is InChI=1S/C26H23N9O10S3/c36-12(6-7-13(37)38)27-25-33-34-26(48-25)47-9-11-8-46-22-16(21(42)35(22)17(11)23(43)44)29-18(39)14(10-4-2-1-3-5-10)28-19(40)15-20(41)30-24(45)32-31-15/h1-5,14,16,22H,6-9H2,(H,28,40)(H,29,39)(H,37,38)(H,43,44)(H,27,33,36)(H2,30,32,41,45)/t14?,16-,22+/m1/s1. The van der Waals surface area contributed by atoms with E-state index >= 15 is 0 Å². The third-order valence-corrected chi connectivity index (χ3v) is 10.1. The number of carboxylic acids is 2. The van der Waals surface area contributed by atoms with Crippen LogP contribution in [0.25, 0.3) is 0 Å². The monoisotopic (exact) mass is 717 g/mol. The number of rotatable bonds is 13. The minimum Gasteiger partial charge on any atom is -0.481 e. The van der Waals surface area contributed by atoms with Gasteiger partial charge in [0.1, 0.15) is 23.2 Å². The molecule has 4 heterocycles. The van der Waals surface area contributed by atoms with Crippen molar-refractivity contribution in [3.05, 3.63) is 73.7 Å². The van der Waals surface area contributed by atoms with Crippen LogP contribution in [0.2, 0.25) is 0 Å². The molecule has 2 aromatic heterocycles. The molecule has 0 saturated carbocycles. The molecule has 1 aromatic carbocycles. The fraction of sp³-hybridized carbons (Fsp3) is 0.269. The van der Waals surface area contributed by atoms with Crippen LogP contribution in [0.1, 0.15) is 34.9 Å². The Labute approximate surface area is 280 Å². The van der Waals surface area contributed by atoms with Crippen molar-refractivity contribution in [2.45, 2.75) is 34.6 Å². The summed E-state index contributed by atoms with van der Waals surface area (Å²) < 4.78 is 0.390. The van der Waals surface area contributed by atoms with Crippen LogP contribution in [-0.2, 0) is 24.0 Å². The smallest absolute Gasteiger partial charge is 0.352 e. The number of amides is 4. The number of carbonyl (C=O) groups excluding carboxylic acids is 4. The molecule has 0 radical (unpaired) electrons. The van der Waals surface area contributed by atoms with E-state index in [0.717, 1.165) is 28.0 Å². The van der Waals surface area contributed by atoms with Gasteiger partial charge in [-0.15, -0.1) is 22.0 Å². The van der Waals surface area contributed by atoms with E-state index in [9.17, 15) is 43.5 Å². The number of fused-ring (bicyclic) bond motifs is 1. The maximum absolute atomic E-state index is 13.5. The van der Waals surface area contributed by atoms with Crippen LogP contribution in [0.4, 0.5) is 5.13 Å². The Morgan fingerprint density at radius 3 is 2.50 bits per heavy atom. The number of carboxylic acid groups (broad SMARTS) is 2. The lowest BCUT2D eigenvalue weighted by molar-refractivity contribution is -0.151. The van der Waals surface area contributed by atoms with Crippen LogP contribution in [0.5, 0.6) is 0 Å². The summed E-state index contributed by atoms with van der Waals surface area (Å²) in [5.74, 6) is -5.32. The number of nitrogens with zero attached hydrogens (tertiary/aromatic N) is 4. The first-order chi connectivity index (χ1) is 22.9. The molecule has 0 aliphatic carbocycles. The first-order valence-corrected chi connectivity index (χ1v) is 16.5. The third kappa shape index (κ3) is 7.61. The molecule has 48 heavy (non-hydrogen) atoms. The molecule has 2 aliphatic rings. The number of anilines is 1. The second-order valence-electron chi connectivity index (χ2n) is 9.93. The number of aliphatic carboxylic acids is 2. The number of β-lactam (4-membered cyclic amide) rings is 1. The topological polar surface area (TPSA) is 287 Å². The fourth-order valence-electron chi connectivity index (χ4n) is 4.55. The van der Waals surface area contributed by atoms with Crippen LogP contribution in [0.3, 0.4) is 0 Å². The van der Waals surface area contributed by atoms with Crippen molar-refractivity contribution >= 4 is 75.6 Å². The number of H-pyrrole nitrogens is 2. The molecule has 1 saturated heterocycles. The number of benzene rings is 1. The Kier molecular flexibility index (Phi) is 10.3. The van der Waals surface area contributed by atoms with Crippen LogP contribution < -0.4 is 27.2 Å². The third-order valence-electron chi connectivity index (χ3n) is 6.73. The maximum atomic E-state index is 13.5. The Balaban J connectivity index is 1.26. The summed E-state index contributed by atoms with van der Waals surface area (Å²) in [6, 6.07) is 5.39. The van der Waals surface area contributed by atoms with Gasteiger partial charge in [0.25, 0.3) is 17.4 Å². The lowest BCUT2D eigenvalue weighted by Gasteiger charge is -2.49. The van der Waals surface area contributed by atoms with E-state index in [0.29, 0.717) is 15.5 Å². The van der Waals surface area contributed by atoms with Gasteiger partial charge < -0.3 is 26.2 Å². The van der Waals surface area contributed by atoms with Crippen molar-refractivity contribution in [3.8, 4) is 0 Å². The van der Waals surface area contributed by atoms with E-state index in [4.69, 9.17) is 5.11 Å². The van der Waals surface area contributed by atoms with Gasteiger partial charge in [-0.3, -0.25) is 38.7 Å². The molecule has 0 bridgehead atoms. The summed E-state index contributed by atoms with van der Waals surface area (Å²) in [5, 5.41) is 38.7. The van der Waals surface area contributed by atoms with Gasteiger partial charge in [-0.25, -0.2) is 14.7 Å². The average Bonchev–Trinajstić information content (AvgIpc) is 3.50. The summed E-state index contributed by atoms with van der Waals surface area (Å²) >= 11 is 3.35. The van der Waals surface area contributed by atoms with Crippen molar-refractivity contribution in [2.75, 3.05) is 16.8 Å². The quantitative estimate of drug-likeness (QED) is 0.0642. The van der Waals surface area contributed by atoms with Gasteiger partial charge in [0.2, 0.25) is 22.6 Å². The maximum Gasteiger partial charge on any atom is 0.352 e. The SMILES string of the molecule is O=C(O)CCC(=O)Nc1nnc(SCC2=C(C(=O)O)N3C(=O)[C@@H](NC(=O)C(NC(=O)c4n[nH]c(=O)[nH]c4=O)c4ccccc4)[C@@H]3SC2)s1. The fourth-order valence-corrected chi connectivity index (χ4v) is 7.80. The van der Waals surface area contributed by atoms with Gasteiger partial charge in [0.05, 0.1) is 6.42 Å². The van der Waals surface area contributed by atoms with E-state index in [-0.39, 0.29) is 35.2 Å². The molecule has 3 atom stereocenters. The van der Waals surface area contributed by atoms with E-state index < -0.39 is 70.0 Å². The zero-order valence-corrected chi connectivity index (χ0v) is 26.6. The van der Waals surface area contributed by atoms with Gasteiger partial charge in [-0.2, -0.15) is 5.10 Å². The molecule has 1 unspecified atom stereocenters. The van der Waals surface area contributed by atoms with Gasteiger partial charge in [-0.1, -0.05) is 53.4 Å². The summed E-state index contributed by atoms with van der Waals surface area (Å²) in [5.41, 5.74) is -2.26. The van der Waals surface area contributed by atoms with Crippen molar-refractivity contribution in [1.29, 1.82) is 0 Å². The second kappa shape index (κ2) is 14.6. The normalized spacial score (nSPS) is 17.5. The number of aromatic amines is 2. The number of aromatic nitrogens is 5. The zero-order valence-electron chi connectivity index (χ0n) is 24.1. The first kappa shape index (κ1) is 34.0. The molecule has 5 rings (SSSR count). The molecule has 4 amide bonds. The molecule has 19 nitrogen and oxygen atoms in total. The van der Waals surface area contributed by atoms with Gasteiger partial charge in [0.15, 0.2) is 4.34 Å². The minimum absolute atomic E-state index is 0.115. The lowest BCUT2D eigenvalue weighted by Crippen LogP contribution is -2.71. The van der Waals surface area contributed by atoms with Crippen molar-refractivity contribution in [1.82, 2.24) is 40.9 Å². The molecule has 22 heteroatoms. The Hall–Kier alpha value is -5.35. The van der Waals surface area contributed by atoms with E-state index in [1.807, 2.05) is 10.1 Å². The number of thioether (sulfide) groups is 2. The van der Waals surface area contributed by atoms with Crippen molar-refractivity contribution < 1.29 is 39.0 Å². The molecule has 7 N–H and O–H groups in total. The molecule has 2 aliphatic heterocycles. The summed E-state index contributed by atoms with van der Waals surface area (Å²) in [7, 11) is 0. The van der Waals surface area contributed by atoms with Crippen molar-refractivity contribution in [2.24, 2.45) is 0 Å². The number of hydrogen-bond donors (Lipinski definition) is 7. The van der Waals surface area contributed by atoms with Gasteiger partial charge in [-0.05, 0) is 11.1 Å². The van der Waals surface area contributed by atoms with Crippen molar-refractivity contribution in [3.63, 3.8) is 0 Å². The largest absolute Gasteiger partial charge is 0.481 e. The molecular weight excluding hydrogens is 695 g/mol. The zero-order chi connectivity index (χ0) is 34.5. The van der Waals surface area contributed by atoms with E-state index in [1.165, 1.54) is 23.9 Å². The highest BCUT2D eigenvalue weighted by Gasteiger charge is 2.54. The van der Waals surface area contributed by atoms with Gasteiger partial charge in [0, 0.05) is 17.9 Å². The second-order valence-corrected chi connectivity index (χ2v) is 13.2. The first-order valence-electron chi connectivity index (χ1n) is 13.7. The van der Waals surface area contributed by atoms with E-state index in [2.05, 4.69) is 31.2 Å². The van der Waals surface area contributed by atoms with Crippen LogP contribution >= 0.6 is 34.9 Å². The van der Waals surface area contributed by atoms with Gasteiger partial charge >= 0.3 is 17.6 Å². The Morgan fingerprint density at radius 1 is 1.06 bits per heavy atom. The Morgan fingerprint density at radius 2 is 1.81 bits per heavy atom. The number of hydrogen-bond acceptors (Lipinski definition) is 14. The number of nitrogens with one attached hydrogen (secondary N) is 5. The highest BCUT2D eigenvalue weighted by atomic mass is 32.2. The van der Waals surface area contributed by atoms with E-state index in [1.54, 1.807) is 18.2 Å². The van der Waals surface area contributed by atoms with Crippen LogP contribution in [0, 0.1) is 0 Å². The predicted molar refractivity (Wildman–Crippen MR) is 168 cm³/mol. The molecule has 3 aromatic rings. The van der Waals surface area contributed by atoms with Crippen LogP contribution in [-0.4, -0.2) is 99.0 Å². The summed E-state index contributed by atoms with van der Waals surface area (Å²) in [4.78, 5) is 101. The minimum atomic E-state index is -1.40. The molecule has 0 spiro atoms. The Bertz CT molecular complexity index is 1940. The average molecular weight is 718 g/mol. The molecule has 250 valence electrons. The summed E-state index contributed by atoms with van der Waals surface area (Å²) in [6.07, 6.45) is -0.591.